The summed E-state index contributed by atoms with van der Waals surface area (Å²) in [6.45, 7) is 4.44. The van der Waals surface area contributed by atoms with E-state index in [4.69, 9.17) is 5.73 Å². The summed E-state index contributed by atoms with van der Waals surface area (Å²) in [4.78, 5) is 13.0. The molecule has 0 aliphatic heterocycles. The number of nitrogen functional groups attached to an aromatic ring is 1. The van der Waals surface area contributed by atoms with E-state index in [1.165, 1.54) is 0 Å². The number of hydrogen-bond acceptors (Lipinski definition) is 4. The Morgan fingerprint density at radius 2 is 1.78 bits per heavy atom. The Morgan fingerprint density at radius 3 is 2.39 bits per heavy atom. The van der Waals surface area contributed by atoms with Crippen LogP contribution in [0, 0.1) is 5.41 Å². The van der Waals surface area contributed by atoms with Crippen LogP contribution in [0.1, 0.15) is 32.0 Å². The molecule has 2 aromatic rings. The Bertz CT molecular complexity index is 578. The molecule has 1 fully saturated rings. The van der Waals surface area contributed by atoms with Gasteiger partial charge in [-0.3, -0.25) is 0 Å². The molecule has 1 aromatic heterocycles. The lowest BCUT2D eigenvalue weighted by atomic mass is 10.1. The normalized spacial score (nSPS) is 20.7. The highest BCUT2D eigenvalue weighted by Crippen LogP contribution is 2.57. The summed E-state index contributed by atoms with van der Waals surface area (Å²) in [7, 11) is 0. The zero-order valence-corrected chi connectivity index (χ0v) is 10.6. The SMILES string of the molecule is CC1(C)CC1c1nc(N)nc(-c2ccccc2)n1. The first kappa shape index (κ1) is 11.1. The lowest BCUT2D eigenvalue weighted by Crippen LogP contribution is -2.05. The highest BCUT2D eigenvalue weighted by molar-refractivity contribution is 5.55. The molecule has 4 nitrogen and oxygen atoms in total. The van der Waals surface area contributed by atoms with Crippen LogP contribution in [0.25, 0.3) is 11.4 Å². The summed E-state index contributed by atoms with van der Waals surface area (Å²) in [5.74, 6) is 2.21. The highest BCUT2D eigenvalue weighted by Gasteiger charge is 2.48. The molecule has 1 aliphatic carbocycles. The average molecular weight is 240 g/mol. The molecule has 1 heterocycles. The minimum absolute atomic E-state index is 0.293. The lowest BCUT2D eigenvalue weighted by Gasteiger charge is -2.06. The van der Waals surface area contributed by atoms with Gasteiger partial charge in [0.15, 0.2) is 5.82 Å². The Labute approximate surface area is 106 Å². The number of benzene rings is 1. The molecule has 0 radical (unpaired) electrons. The largest absolute Gasteiger partial charge is 0.368 e. The fraction of sp³-hybridized carbons (Fsp3) is 0.357. The van der Waals surface area contributed by atoms with Gasteiger partial charge < -0.3 is 5.73 Å². The van der Waals surface area contributed by atoms with Gasteiger partial charge in [0.1, 0.15) is 5.82 Å². The monoisotopic (exact) mass is 240 g/mol. The highest BCUT2D eigenvalue weighted by atomic mass is 15.1. The van der Waals surface area contributed by atoms with Crippen LogP contribution in [0.3, 0.4) is 0 Å². The summed E-state index contributed by atoms with van der Waals surface area (Å²) in [6.07, 6.45) is 1.12. The lowest BCUT2D eigenvalue weighted by molar-refractivity contribution is 0.608. The van der Waals surface area contributed by atoms with E-state index < -0.39 is 0 Å². The molecule has 3 rings (SSSR count). The maximum Gasteiger partial charge on any atom is 0.223 e. The Hall–Kier alpha value is -1.97. The second kappa shape index (κ2) is 3.77. The molecule has 0 spiro atoms. The number of hydrogen-bond donors (Lipinski definition) is 1. The minimum atomic E-state index is 0.293. The predicted octanol–water partition coefficient (Wildman–Crippen LogP) is 2.63. The van der Waals surface area contributed by atoms with Crippen molar-refractivity contribution in [2.45, 2.75) is 26.2 Å². The molecular formula is C14H16N4. The first-order valence-electron chi connectivity index (χ1n) is 6.13. The molecule has 0 saturated heterocycles. The van der Waals surface area contributed by atoms with Crippen molar-refractivity contribution in [2.75, 3.05) is 5.73 Å². The van der Waals surface area contributed by atoms with Gasteiger partial charge in [-0.15, -0.1) is 0 Å². The van der Waals surface area contributed by atoms with Gasteiger partial charge in [-0.25, -0.2) is 4.98 Å². The van der Waals surface area contributed by atoms with E-state index in [2.05, 4.69) is 28.8 Å². The van der Waals surface area contributed by atoms with Crippen LogP contribution < -0.4 is 5.73 Å². The molecule has 92 valence electrons. The number of aromatic nitrogens is 3. The zero-order chi connectivity index (χ0) is 12.8. The van der Waals surface area contributed by atoms with Crippen molar-refractivity contribution in [3.8, 4) is 11.4 Å². The first-order chi connectivity index (χ1) is 8.56. The molecule has 1 aliphatic rings. The Morgan fingerprint density at radius 1 is 1.11 bits per heavy atom. The van der Waals surface area contributed by atoms with Gasteiger partial charge in [-0.2, -0.15) is 9.97 Å². The van der Waals surface area contributed by atoms with Crippen molar-refractivity contribution in [1.29, 1.82) is 0 Å². The smallest absolute Gasteiger partial charge is 0.223 e. The average Bonchev–Trinajstić information content (AvgIpc) is 2.99. The van der Waals surface area contributed by atoms with Gasteiger partial charge >= 0.3 is 0 Å². The van der Waals surface area contributed by atoms with Gasteiger partial charge in [-0.1, -0.05) is 44.2 Å². The Kier molecular flexibility index (Phi) is 2.33. The quantitative estimate of drug-likeness (QED) is 0.876. The van der Waals surface area contributed by atoms with Crippen molar-refractivity contribution >= 4 is 5.95 Å². The topological polar surface area (TPSA) is 64.7 Å². The second-order valence-electron chi connectivity index (χ2n) is 5.49. The predicted molar refractivity (Wildman–Crippen MR) is 70.8 cm³/mol. The maximum absolute atomic E-state index is 5.79. The summed E-state index contributed by atoms with van der Waals surface area (Å²) >= 11 is 0. The molecule has 1 unspecified atom stereocenters. The van der Waals surface area contributed by atoms with Crippen molar-refractivity contribution in [1.82, 2.24) is 15.0 Å². The van der Waals surface area contributed by atoms with E-state index >= 15 is 0 Å². The third kappa shape index (κ3) is 1.94. The van der Waals surface area contributed by atoms with Crippen molar-refractivity contribution < 1.29 is 0 Å². The van der Waals surface area contributed by atoms with Gasteiger partial charge in [0.25, 0.3) is 0 Å². The van der Waals surface area contributed by atoms with Crippen LogP contribution in [0.4, 0.5) is 5.95 Å². The van der Waals surface area contributed by atoms with E-state index in [1.807, 2.05) is 30.3 Å². The molecule has 0 amide bonds. The van der Waals surface area contributed by atoms with E-state index in [9.17, 15) is 0 Å². The van der Waals surface area contributed by atoms with Crippen LogP contribution in [0.5, 0.6) is 0 Å². The third-order valence-corrected chi connectivity index (χ3v) is 3.53. The Balaban J connectivity index is 2.02. The van der Waals surface area contributed by atoms with E-state index in [0.717, 1.165) is 17.8 Å². The van der Waals surface area contributed by atoms with Crippen molar-refractivity contribution in [3.05, 3.63) is 36.2 Å². The fourth-order valence-corrected chi connectivity index (χ4v) is 2.19. The maximum atomic E-state index is 5.79. The number of rotatable bonds is 2. The molecule has 2 N–H and O–H groups in total. The van der Waals surface area contributed by atoms with E-state index in [1.54, 1.807) is 0 Å². The van der Waals surface area contributed by atoms with E-state index in [-0.39, 0.29) is 0 Å². The molecular weight excluding hydrogens is 224 g/mol. The van der Waals surface area contributed by atoms with Crippen LogP contribution in [0.15, 0.2) is 30.3 Å². The summed E-state index contributed by atoms with van der Waals surface area (Å²) in [6, 6.07) is 9.87. The molecule has 18 heavy (non-hydrogen) atoms. The second-order valence-corrected chi connectivity index (χ2v) is 5.49. The van der Waals surface area contributed by atoms with Crippen molar-refractivity contribution in [2.24, 2.45) is 5.41 Å². The van der Waals surface area contributed by atoms with Crippen LogP contribution >= 0.6 is 0 Å². The summed E-state index contributed by atoms with van der Waals surface area (Å²) in [5, 5.41) is 0. The van der Waals surface area contributed by atoms with Gasteiger partial charge in [0, 0.05) is 11.5 Å². The minimum Gasteiger partial charge on any atom is -0.368 e. The van der Waals surface area contributed by atoms with Gasteiger partial charge in [0.2, 0.25) is 5.95 Å². The van der Waals surface area contributed by atoms with Crippen LogP contribution in [0.2, 0.25) is 0 Å². The third-order valence-electron chi connectivity index (χ3n) is 3.53. The number of anilines is 1. The first-order valence-corrected chi connectivity index (χ1v) is 6.13. The van der Waals surface area contributed by atoms with Crippen LogP contribution in [-0.2, 0) is 0 Å². The van der Waals surface area contributed by atoms with E-state index in [0.29, 0.717) is 23.1 Å². The fourth-order valence-electron chi connectivity index (χ4n) is 2.19. The molecule has 1 atom stereocenters. The molecule has 0 bridgehead atoms. The van der Waals surface area contributed by atoms with Gasteiger partial charge in [-0.05, 0) is 11.8 Å². The standard InChI is InChI=1S/C14H16N4/c1-14(2)8-10(14)12-16-11(17-13(15)18-12)9-6-4-3-5-7-9/h3-7,10H,8H2,1-2H3,(H2,15,16,17,18). The number of nitrogens with zero attached hydrogens (tertiary/aromatic N) is 3. The number of nitrogens with two attached hydrogens (primary N) is 1. The molecule has 1 aromatic carbocycles. The van der Waals surface area contributed by atoms with Gasteiger partial charge in [0.05, 0.1) is 0 Å². The summed E-state index contributed by atoms with van der Waals surface area (Å²) < 4.78 is 0. The molecule has 1 saturated carbocycles. The molecule has 4 heteroatoms. The zero-order valence-electron chi connectivity index (χ0n) is 10.6. The van der Waals surface area contributed by atoms with Crippen molar-refractivity contribution in [3.63, 3.8) is 0 Å². The summed E-state index contributed by atoms with van der Waals surface area (Å²) in [5.41, 5.74) is 7.06. The van der Waals surface area contributed by atoms with Crippen LogP contribution in [-0.4, -0.2) is 15.0 Å².